The van der Waals surface area contributed by atoms with Crippen LogP contribution in [0.2, 0.25) is 0 Å². The van der Waals surface area contributed by atoms with Crippen molar-refractivity contribution in [3.8, 4) is 0 Å². The minimum atomic E-state index is 0.178. The molecule has 0 aliphatic carbocycles. The molecule has 1 saturated heterocycles. The Bertz CT molecular complexity index is 385. The molecule has 1 aromatic rings. The standard InChI is InChI=1S/C13H17NOS/c1-9(2)10-3-5-11(6-4-10)14-8-12(16)7-13(14)15/h3-6,9,12,16H,7-8H2,1-2H3. The number of anilines is 1. The third kappa shape index (κ3) is 2.24. The molecule has 2 rings (SSSR count). The highest BCUT2D eigenvalue weighted by molar-refractivity contribution is 7.81. The molecule has 1 unspecified atom stereocenters. The van der Waals surface area contributed by atoms with Gasteiger partial charge in [0.25, 0.3) is 0 Å². The van der Waals surface area contributed by atoms with Crippen LogP contribution in [0, 0.1) is 0 Å². The van der Waals surface area contributed by atoms with Crippen LogP contribution in [0.15, 0.2) is 24.3 Å². The molecule has 1 aromatic carbocycles. The van der Waals surface area contributed by atoms with Crippen molar-refractivity contribution >= 4 is 24.2 Å². The molecular formula is C13H17NOS. The molecule has 1 aliphatic rings. The molecule has 1 atom stereocenters. The summed E-state index contributed by atoms with van der Waals surface area (Å²) in [5, 5.41) is 0.178. The van der Waals surface area contributed by atoms with E-state index in [-0.39, 0.29) is 11.2 Å². The monoisotopic (exact) mass is 235 g/mol. The quantitative estimate of drug-likeness (QED) is 0.782. The summed E-state index contributed by atoms with van der Waals surface area (Å²) in [5.41, 5.74) is 2.30. The Morgan fingerprint density at radius 2 is 1.94 bits per heavy atom. The number of nitrogens with zero attached hydrogens (tertiary/aromatic N) is 1. The van der Waals surface area contributed by atoms with E-state index in [4.69, 9.17) is 0 Å². The summed E-state index contributed by atoms with van der Waals surface area (Å²) < 4.78 is 0. The number of carbonyl (C=O) groups is 1. The van der Waals surface area contributed by atoms with Crippen molar-refractivity contribution < 1.29 is 4.79 Å². The largest absolute Gasteiger partial charge is 0.311 e. The van der Waals surface area contributed by atoms with Crippen LogP contribution in [0.4, 0.5) is 5.69 Å². The van der Waals surface area contributed by atoms with Crippen molar-refractivity contribution in [3.05, 3.63) is 29.8 Å². The molecule has 86 valence electrons. The minimum Gasteiger partial charge on any atom is -0.311 e. The molecule has 0 saturated carbocycles. The fraction of sp³-hybridized carbons (Fsp3) is 0.462. The van der Waals surface area contributed by atoms with E-state index < -0.39 is 0 Å². The summed E-state index contributed by atoms with van der Waals surface area (Å²) in [5.74, 6) is 0.707. The molecule has 0 bridgehead atoms. The van der Waals surface area contributed by atoms with Crippen molar-refractivity contribution in [1.82, 2.24) is 0 Å². The van der Waals surface area contributed by atoms with Gasteiger partial charge in [-0.05, 0) is 23.6 Å². The second kappa shape index (κ2) is 4.50. The van der Waals surface area contributed by atoms with E-state index in [2.05, 4.69) is 38.6 Å². The fourth-order valence-electron chi connectivity index (χ4n) is 1.98. The number of hydrogen-bond acceptors (Lipinski definition) is 2. The molecule has 1 aliphatic heterocycles. The molecular weight excluding hydrogens is 218 g/mol. The Balaban J connectivity index is 2.19. The average molecular weight is 235 g/mol. The lowest BCUT2D eigenvalue weighted by Gasteiger charge is -2.17. The lowest BCUT2D eigenvalue weighted by atomic mass is 10.0. The molecule has 1 amide bonds. The highest BCUT2D eigenvalue weighted by atomic mass is 32.1. The predicted octanol–water partition coefficient (Wildman–Crippen LogP) is 2.85. The topological polar surface area (TPSA) is 20.3 Å². The number of thiol groups is 1. The SMILES string of the molecule is CC(C)c1ccc(N2CC(S)CC2=O)cc1. The first-order valence-electron chi connectivity index (χ1n) is 5.66. The van der Waals surface area contributed by atoms with E-state index >= 15 is 0 Å². The molecule has 0 radical (unpaired) electrons. The number of hydrogen-bond donors (Lipinski definition) is 1. The first-order chi connectivity index (χ1) is 7.58. The highest BCUT2D eigenvalue weighted by Gasteiger charge is 2.28. The van der Waals surface area contributed by atoms with Crippen LogP contribution in [-0.4, -0.2) is 17.7 Å². The van der Waals surface area contributed by atoms with Crippen LogP contribution in [0.25, 0.3) is 0 Å². The van der Waals surface area contributed by atoms with E-state index in [1.165, 1.54) is 5.56 Å². The van der Waals surface area contributed by atoms with Crippen molar-refractivity contribution in [2.24, 2.45) is 0 Å². The van der Waals surface area contributed by atoms with Crippen LogP contribution < -0.4 is 4.90 Å². The van der Waals surface area contributed by atoms with E-state index in [1.807, 2.05) is 17.0 Å². The van der Waals surface area contributed by atoms with Crippen molar-refractivity contribution in [2.75, 3.05) is 11.4 Å². The maximum Gasteiger partial charge on any atom is 0.228 e. The zero-order valence-electron chi connectivity index (χ0n) is 9.68. The van der Waals surface area contributed by atoms with Crippen LogP contribution in [0.3, 0.4) is 0 Å². The molecule has 3 heteroatoms. The Labute approximate surface area is 102 Å². The summed E-state index contributed by atoms with van der Waals surface area (Å²) in [4.78, 5) is 13.5. The summed E-state index contributed by atoms with van der Waals surface area (Å²) >= 11 is 4.35. The maximum absolute atomic E-state index is 11.7. The van der Waals surface area contributed by atoms with Gasteiger partial charge in [-0.1, -0.05) is 26.0 Å². The molecule has 0 aromatic heterocycles. The van der Waals surface area contributed by atoms with Gasteiger partial charge in [-0.3, -0.25) is 4.79 Å². The van der Waals surface area contributed by atoms with E-state index in [0.29, 0.717) is 12.3 Å². The van der Waals surface area contributed by atoms with Crippen LogP contribution in [0.5, 0.6) is 0 Å². The summed E-state index contributed by atoms with van der Waals surface area (Å²) in [6.07, 6.45) is 0.551. The maximum atomic E-state index is 11.7. The molecule has 1 fully saturated rings. The van der Waals surface area contributed by atoms with Gasteiger partial charge in [0.2, 0.25) is 5.91 Å². The summed E-state index contributed by atoms with van der Waals surface area (Å²) in [6, 6.07) is 8.25. The average Bonchev–Trinajstić information content (AvgIpc) is 2.58. The Morgan fingerprint density at radius 1 is 1.31 bits per heavy atom. The number of rotatable bonds is 2. The van der Waals surface area contributed by atoms with Crippen molar-refractivity contribution in [2.45, 2.75) is 31.4 Å². The molecule has 2 nitrogen and oxygen atoms in total. The zero-order valence-corrected chi connectivity index (χ0v) is 10.6. The second-order valence-corrected chi connectivity index (χ2v) is 5.34. The van der Waals surface area contributed by atoms with Crippen LogP contribution >= 0.6 is 12.6 Å². The molecule has 1 heterocycles. The van der Waals surface area contributed by atoms with Gasteiger partial charge in [0.15, 0.2) is 0 Å². The van der Waals surface area contributed by atoms with Crippen LogP contribution in [-0.2, 0) is 4.79 Å². The second-order valence-electron chi connectivity index (χ2n) is 4.61. The zero-order chi connectivity index (χ0) is 11.7. The van der Waals surface area contributed by atoms with Gasteiger partial charge < -0.3 is 4.90 Å². The van der Waals surface area contributed by atoms with Gasteiger partial charge in [0.1, 0.15) is 0 Å². The first kappa shape index (κ1) is 11.5. The van der Waals surface area contributed by atoms with Gasteiger partial charge in [-0.2, -0.15) is 12.6 Å². The van der Waals surface area contributed by atoms with Crippen molar-refractivity contribution in [1.29, 1.82) is 0 Å². The Kier molecular flexibility index (Phi) is 3.24. The van der Waals surface area contributed by atoms with Gasteiger partial charge in [0, 0.05) is 23.9 Å². The van der Waals surface area contributed by atoms with Gasteiger partial charge in [-0.15, -0.1) is 0 Å². The molecule has 16 heavy (non-hydrogen) atoms. The first-order valence-corrected chi connectivity index (χ1v) is 6.18. The highest BCUT2D eigenvalue weighted by Crippen LogP contribution is 2.25. The Hall–Kier alpha value is -0.960. The van der Waals surface area contributed by atoms with Gasteiger partial charge in [-0.25, -0.2) is 0 Å². The number of benzene rings is 1. The molecule has 0 N–H and O–H groups in total. The van der Waals surface area contributed by atoms with E-state index in [9.17, 15) is 4.79 Å². The number of amides is 1. The summed E-state index contributed by atoms with van der Waals surface area (Å²) in [7, 11) is 0. The van der Waals surface area contributed by atoms with Crippen LogP contribution in [0.1, 0.15) is 31.7 Å². The lowest BCUT2D eigenvalue weighted by Crippen LogP contribution is -2.24. The van der Waals surface area contributed by atoms with Gasteiger partial charge >= 0.3 is 0 Å². The van der Waals surface area contributed by atoms with Gasteiger partial charge in [0.05, 0.1) is 0 Å². The van der Waals surface area contributed by atoms with E-state index in [1.54, 1.807) is 0 Å². The fourth-order valence-corrected chi connectivity index (χ4v) is 2.30. The lowest BCUT2D eigenvalue weighted by molar-refractivity contribution is -0.117. The van der Waals surface area contributed by atoms with Crippen molar-refractivity contribution in [3.63, 3.8) is 0 Å². The third-order valence-corrected chi connectivity index (χ3v) is 3.32. The van der Waals surface area contributed by atoms with E-state index in [0.717, 1.165) is 12.2 Å². The summed E-state index contributed by atoms with van der Waals surface area (Å²) in [6.45, 7) is 5.06. The molecule has 0 spiro atoms. The Morgan fingerprint density at radius 3 is 2.38 bits per heavy atom. The predicted molar refractivity (Wildman–Crippen MR) is 70.3 cm³/mol. The minimum absolute atomic E-state index is 0.178. The smallest absolute Gasteiger partial charge is 0.228 e. The normalized spacial score (nSPS) is 20.9. The third-order valence-electron chi connectivity index (χ3n) is 2.98. The number of carbonyl (C=O) groups excluding carboxylic acids is 1.